The zero-order valence-corrected chi connectivity index (χ0v) is 11.3. The molecule has 2 aromatic rings. The maximum absolute atomic E-state index is 13.6. The summed E-state index contributed by atoms with van der Waals surface area (Å²) in [6.45, 7) is 0.508. The lowest BCUT2D eigenvalue weighted by Crippen LogP contribution is -2.31. The van der Waals surface area contributed by atoms with Crippen molar-refractivity contribution in [3.05, 3.63) is 59.2 Å². The molecule has 3 nitrogen and oxygen atoms in total. The average Bonchev–Trinajstić information content (AvgIpc) is 2.86. The zero-order valence-electron chi connectivity index (χ0n) is 11.3. The van der Waals surface area contributed by atoms with Gasteiger partial charge < -0.3 is 10.6 Å². The number of nitrogens with zero attached hydrogens (tertiary/aromatic N) is 1. The van der Waals surface area contributed by atoms with Crippen molar-refractivity contribution in [1.29, 1.82) is 0 Å². The number of nitrogens with two attached hydrogens (primary N) is 1. The van der Waals surface area contributed by atoms with Crippen LogP contribution in [0.1, 0.15) is 11.1 Å². The molecule has 2 aromatic carbocycles. The Labute approximate surface area is 121 Å². The van der Waals surface area contributed by atoms with E-state index >= 15 is 0 Å². The summed E-state index contributed by atoms with van der Waals surface area (Å²) in [4.78, 5) is 13.9. The van der Waals surface area contributed by atoms with Gasteiger partial charge in [-0.25, -0.2) is 8.78 Å². The Morgan fingerprint density at radius 3 is 2.62 bits per heavy atom. The number of anilines is 2. The lowest BCUT2D eigenvalue weighted by molar-refractivity contribution is -0.118. The summed E-state index contributed by atoms with van der Waals surface area (Å²) in [5, 5.41) is 0. The molecule has 1 aliphatic rings. The predicted molar refractivity (Wildman–Crippen MR) is 77.0 cm³/mol. The van der Waals surface area contributed by atoms with Gasteiger partial charge in [-0.3, -0.25) is 4.79 Å². The van der Waals surface area contributed by atoms with Gasteiger partial charge >= 0.3 is 0 Å². The minimum absolute atomic E-state index is 0.195. The van der Waals surface area contributed by atoms with Crippen LogP contribution in [-0.2, 0) is 17.6 Å². The van der Waals surface area contributed by atoms with E-state index in [-0.39, 0.29) is 17.9 Å². The van der Waals surface area contributed by atoms with E-state index in [4.69, 9.17) is 5.73 Å². The number of amides is 1. The topological polar surface area (TPSA) is 46.3 Å². The van der Waals surface area contributed by atoms with Crippen molar-refractivity contribution >= 4 is 17.3 Å². The molecular weight excluding hydrogens is 274 g/mol. The Morgan fingerprint density at radius 2 is 1.90 bits per heavy atom. The van der Waals surface area contributed by atoms with E-state index in [2.05, 4.69) is 0 Å². The third-order valence-electron chi connectivity index (χ3n) is 3.70. The van der Waals surface area contributed by atoms with E-state index in [0.717, 1.165) is 29.8 Å². The third kappa shape index (κ3) is 2.46. The van der Waals surface area contributed by atoms with Gasteiger partial charge in [-0.15, -0.1) is 0 Å². The molecule has 0 atom stereocenters. The van der Waals surface area contributed by atoms with Crippen LogP contribution >= 0.6 is 0 Å². The SMILES string of the molecule is Nc1ccc2c(c1)N(C(=O)Cc1c(F)cccc1F)CC2. The summed E-state index contributed by atoms with van der Waals surface area (Å²) in [6, 6.07) is 8.97. The van der Waals surface area contributed by atoms with Crippen LogP contribution in [0.2, 0.25) is 0 Å². The minimum Gasteiger partial charge on any atom is -0.399 e. The number of benzene rings is 2. The second kappa shape index (κ2) is 5.16. The van der Waals surface area contributed by atoms with Crippen molar-refractivity contribution in [2.75, 3.05) is 17.2 Å². The van der Waals surface area contributed by atoms with Crippen molar-refractivity contribution in [3.63, 3.8) is 0 Å². The summed E-state index contributed by atoms with van der Waals surface area (Å²) in [6.07, 6.45) is 0.424. The van der Waals surface area contributed by atoms with Gasteiger partial charge in [0.15, 0.2) is 0 Å². The fourth-order valence-electron chi connectivity index (χ4n) is 2.60. The predicted octanol–water partition coefficient (Wildman–Crippen LogP) is 2.68. The molecule has 1 amide bonds. The molecule has 0 spiro atoms. The first-order chi connectivity index (χ1) is 10.1. The molecule has 0 aromatic heterocycles. The zero-order chi connectivity index (χ0) is 15.0. The molecular formula is C16H14F2N2O. The molecule has 0 radical (unpaired) electrons. The molecule has 1 aliphatic heterocycles. The Hall–Kier alpha value is -2.43. The molecule has 0 unspecified atom stereocenters. The van der Waals surface area contributed by atoms with Crippen LogP contribution in [0.25, 0.3) is 0 Å². The molecule has 0 saturated heterocycles. The summed E-state index contributed by atoms with van der Waals surface area (Å²) in [5.74, 6) is -1.73. The highest BCUT2D eigenvalue weighted by molar-refractivity contribution is 5.97. The molecule has 5 heteroatoms. The lowest BCUT2D eigenvalue weighted by atomic mass is 10.1. The van der Waals surface area contributed by atoms with Gasteiger partial charge in [-0.1, -0.05) is 12.1 Å². The highest BCUT2D eigenvalue weighted by Crippen LogP contribution is 2.30. The van der Waals surface area contributed by atoms with Crippen LogP contribution in [0.5, 0.6) is 0 Å². The van der Waals surface area contributed by atoms with E-state index in [9.17, 15) is 13.6 Å². The largest absolute Gasteiger partial charge is 0.399 e. The number of carbonyl (C=O) groups is 1. The van der Waals surface area contributed by atoms with Crippen LogP contribution < -0.4 is 10.6 Å². The van der Waals surface area contributed by atoms with Crippen molar-refractivity contribution in [2.45, 2.75) is 12.8 Å². The average molecular weight is 288 g/mol. The second-order valence-corrected chi connectivity index (χ2v) is 5.06. The number of fused-ring (bicyclic) bond motifs is 1. The highest BCUT2D eigenvalue weighted by atomic mass is 19.1. The molecule has 0 bridgehead atoms. The summed E-state index contributed by atoms with van der Waals surface area (Å²) in [7, 11) is 0. The maximum Gasteiger partial charge on any atom is 0.231 e. The van der Waals surface area contributed by atoms with Crippen molar-refractivity contribution in [1.82, 2.24) is 0 Å². The Kier molecular flexibility index (Phi) is 3.33. The monoisotopic (exact) mass is 288 g/mol. The fourth-order valence-corrected chi connectivity index (χ4v) is 2.60. The quantitative estimate of drug-likeness (QED) is 0.864. The minimum atomic E-state index is -0.699. The van der Waals surface area contributed by atoms with Crippen molar-refractivity contribution < 1.29 is 13.6 Å². The third-order valence-corrected chi connectivity index (χ3v) is 3.70. The molecule has 3 rings (SSSR count). The molecule has 108 valence electrons. The van der Waals surface area contributed by atoms with E-state index in [1.165, 1.54) is 11.0 Å². The molecule has 1 heterocycles. The van der Waals surface area contributed by atoms with Crippen LogP contribution in [0.4, 0.5) is 20.2 Å². The maximum atomic E-state index is 13.6. The lowest BCUT2D eigenvalue weighted by Gasteiger charge is -2.18. The van der Waals surface area contributed by atoms with Crippen LogP contribution in [0, 0.1) is 11.6 Å². The van der Waals surface area contributed by atoms with Gasteiger partial charge in [-0.05, 0) is 36.2 Å². The van der Waals surface area contributed by atoms with Gasteiger partial charge in [0.25, 0.3) is 0 Å². The number of rotatable bonds is 2. The van der Waals surface area contributed by atoms with Gasteiger partial charge in [0.05, 0.1) is 6.42 Å². The van der Waals surface area contributed by atoms with Gasteiger partial charge in [0.1, 0.15) is 11.6 Å². The second-order valence-electron chi connectivity index (χ2n) is 5.06. The first kappa shape index (κ1) is 13.5. The van der Waals surface area contributed by atoms with Crippen LogP contribution in [-0.4, -0.2) is 12.5 Å². The van der Waals surface area contributed by atoms with Gasteiger partial charge in [-0.2, -0.15) is 0 Å². The normalized spacial score (nSPS) is 13.3. The van der Waals surface area contributed by atoms with E-state index in [1.807, 2.05) is 6.07 Å². The number of hydrogen-bond donors (Lipinski definition) is 1. The molecule has 0 aliphatic carbocycles. The van der Waals surface area contributed by atoms with Crippen LogP contribution in [0.3, 0.4) is 0 Å². The summed E-state index contributed by atoms with van der Waals surface area (Å²) < 4.78 is 27.3. The molecule has 0 saturated carbocycles. The van der Waals surface area contributed by atoms with Gasteiger partial charge in [0.2, 0.25) is 5.91 Å². The number of hydrogen-bond acceptors (Lipinski definition) is 2. The number of carbonyl (C=O) groups excluding carboxylic acids is 1. The smallest absolute Gasteiger partial charge is 0.231 e. The first-order valence-corrected chi connectivity index (χ1v) is 6.68. The summed E-state index contributed by atoms with van der Waals surface area (Å²) in [5.41, 5.74) is 7.86. The first-order valence-electron chi connectivity index (χ1n) is 6.68. The Balaban J connectivity index is 1.87. The van der Waals surface area contributed by atoms with Gasteiger partial charge in [0, 0.05) is 23.5 Å². The Bertz CT molecular complexity index is 695. The van der Waals surface area contributed by atoms with Crippen molar-refractivity contribution in [3.8, 4) is 0 Å². The molecule has 21 heavy (non-hydrogen) atoms. The van der Waals surface area contributed by atoms with E-state index in [0.29, 0.717) is 12.2 Å². The molecule has 0 fully saturated rings. The number of halogens is 2. The standard InChI is InChI=1S/C16H14F2N2O/c17-13-2-1-3-14(18)12(13)9-16(21)20-7-6-10-4-5-11(19)8-15(10)20/h1-5,8H,6-7,9,19H2. The number of nitrogen functional groups attached to an aromatic ring is 1. The van der Waals surface area contributed by atoms with E-state index in [1.54, 1.807) is 12.1 Å². The van der Waals surface area contributed by atoms with Crippen LogP contribution in [0.15, 0.2) is 36.4 Å². The highest BCUT2D eigenvalue weighted by Gasteiger charge is 2.26. The fraction of sp³-hybridized carbons (Fsp3) is 0.188. The Morgan fingerprint density at radius 1 is 1.19 bits per heavy atom. The summed E-state index contributed by atoms with van der Waals surface area (Å²) >= 11 is 0. The van der Waals surface area contributed by atoms with Crippen molar-refractivity contribution in [2.24, 2.45) is 0 Å². The molecule has 2 N–H and O–H groups in total. The van der Waals surface area contributed by atoms with E-state index < -0.39 is 11.6 Å².